The van der Waals surface area contributed by atoms with E-state index in [-0.39, 0.29) is 11.8 Å². The average Bonchev–Trinajstić information content (AvgIpc) is 3.14. The van der Waals surface area contributed by atoms with E-state index in [1.165, 1.54) is 12.8 Å². The second-order valence-electron chi connectivity index (χ2n) is 5.47. The van der Waals surface area contributed by atoms with Crippen molar-refractivity contribution in [2.24, 2.45) is 0 Å². The smallest absolute Gasteiger partial charge is 0.238 e. The number of fused-ring (bicyclic) bond motifs is 1. The molecule has 3 rings (SSSR count). The van der Waals surface area contributed by atoms with Gasteiger partial charge in [-0.1, -0.05) is 0 Å². The Bertz CT molecular complexity index is 552. The number of nitrogens with one attached hydrogen (secondary N) is 2. The molecule has 2 amide bonds. The van der Waals surface area contributed by atoms with Gasteiger partial charge in [0, 0.05) is 30.9 Å². The van der Waals surface area contributed by atoms with Crippen LogP contribution < -0.4 is 15.5 Å². The molecule has 1 aromatic rings. The van der Waals surface area contributed by atoms with Crippen LogP contribution in [0.1, 0.15) is 25.3 Å². The van der Waals surface area contributed by atoms with Gasteiger partial charge in [0.05, 0.1) is 6.54 Å². The Hall–Kier alpha value is -1.88. The van der Waals surface area contributed by atoms with Gasteiger partial charge < -0.3 is 15.5 Å². The van der Waals surface area contributed by atoms with Gasteiger partial charge in [0.1, 0.15) is 0 Å². The number of benzene rings is 1. The number of nitrogens with zero attached hydrogens (tertiary/aromatic N) is 1. The van der Waals surface area contributed by atoms with Crippen molar-refractivity contribution in [3.8, 4) is 0 Å². The second kappa shape index (κ2) is 5.25. The third kappa shape index (κ3) is 2.82. The fourth-order valence-electron chi connectivity index (χ4n) is 2.54. The van der Waals surface area contributed by atoms with E-state index in [0.29, 0.717) is 12.6 Å². The van der Waals surface area contributed by atoms with Crippen molar-refractivity contribution in [1.82, 2.24) is 5.32 Å². The summed E-state index contributed by atoms with van der Waals surface area (Å²) >= 11 is 0. The zero-order valence-electron chi connectivity index (χ0n) is 11.6. The predicted molar refractivity (Wildman–Crippen MR) is 77.8 cm³/mol. The molecule has 1 aliphatic carbocycles. The van der Waals surface area contributed by atoms with Crippen LogP contribution in [0.15, 0.2) is 18.2 Å². The predicted octanol–water partition coefficient (Wildman–Crippen LogP) is 1.29. The third-order valence-electron chi connectivity index (χ3n) is 3.77. The van der Waals surface area contributed by atoms with Crippen LogP contribution in [-0.2, 0) is 16.0 Å². The first-order valence-corrected chi connectivity index (χ1v) is 7.08. The Morgan fingerprint density at radius 3 is 2.85 bits per heavy atom. The molecule has 0 bridgehead atoms. The molecule has 5 nitrogen and oxygen atoms in total. The van der Waals surface area contributed by atoms with Gasteiger partial charge in [-0.3, -0.25) is 9.59 Å². The molecule has 1 saturated carbocycles. The number of carbonyl (C=O) groups is 2. The number of hydrogen-bond acceptors (Lipinski definition) is 3. The number of carbonyl (C=O) groups excluding carboxylic acids is 2. The highest BCUT2D eigenvalue weighted by molar-refractivity contribution is 5.96. The lowest BCUT2D eigenvalue weighted by Crippen LogP contribution is -2.29. The van der Waals surface area contributed by atoms with Crippen LogP contribution in [0.25, 0.3) is 0 Å². The zero-order chi connectivity index (χ0) is 14.1. The summed E-state index contributed by atoms with van der Waals surface area (Å²) < 4.78 is 0. The molecule has 0 aromatic heterocycles. The molecular weight excluding hydrogens is 254 g/mol. The van der Waals surface area contributed by atoms with Crippen molar-refractivity contribution in [2.75, 3.05) is 23.3 Å². The second-order valence-corrected chi connectivity index (χ2v) is 5.47. The highest BCUT2D eigenvalue weighted by Crippen LogP contribution is 2.30. The number of amides is 2. The van der Waals surface area contributed by atoms with Gasteiger partial charge in [-0.05, 0) is 43.0 Å². The SMILES string of the molecule is CC(=O)N1CCc2cc(NC(=O)CNC3CC3)ccc21. The van der Waals surface area contributed by atoms with Crippen molar-refractivity contribution in [3.63, 3.8) is 0 Å². The van der Waals surface area contributed by atoms with Gasteiger partial charge in [0.2, 0.25) is 11.8 Å². The molecule has 106 valence electrons. The van der Waals surface area contributed by atoms with Gasteiger partial charge >= 0.3 is 0 Å². The van der Waals surface area contributed by atoms with Crippen LogP contribution in [-0.4, -0.2) is 30.9 Å². The van der Waals surface area contributed by atoms with Gasteiger partial charge in [-0.15, -0.1) is 0 Å². The van der Waals surface area contributed by atoms with Crippen LogP contribution in [0.5, 0.6) is 0 Å². The summed E-state index contributed by atoms with van der Waals surface area (Å²) in [6.45, 7) is 2.67. The van der Waals surface area contributed by atoms with E-state index in [2.05, 4.69) is 10.6 Å². The Morgan fingerprint density at radius 1 is 1.35 bits per heavy atom. The molecule has 1 aliphatic heterocycles. The van der Waals surface area contributed by atoms with Crippen molar-refractivity contribution in [2.45, 2.75) is 32.2 Å². The Kier molecular flexibility index (Phi) is 3.44. The van der Waals surface area contributed by atoms with Crippen LogP contribution >= 0.6 is 0 Å². The number of rotatable bonds is 4. The molecule has 0 radical (unpaired) electrons. The third-order valence-corrected chi connectivity index (χ3v) is 3.77. The molecule has 0 saturated heterocycles. The van der Waals surface area contributed by atoms with E-state index < -0.39 is 0 Å². The van der Waals surface area contributed by atoms with Gasteiger partial charge in [-0.2, -0.15) is 0 Å². The topological polar surface area (TPSA) is 61.4 Å². The standard InChI is InChI=1S/C15H19N3O2/c1-10(19)18-7-6-11-8-13(4-5-14(11)18)17-15(20)9-16-12-2-3-12/h4-5,8,12,16H,2-3,6-7,9H2,1H3,(H,17,20). The highest BCUT2D eigenvalue weighted by atomic mass is 16.2. The maximum Gasteiger partial charge on any atom is 0.238 e. The molecule has 20 heavy (non-hydrogen) atoms. The minimum atomic E-state index is -0.0155. The van der Waals surface area contributed by atoms with Crippen molar-refractivity contribution >= 4 is 23.2 Å². The highest BCUT2D eigenvalue weighted by Gasteiger charge is 2.23. The van der Waals surface area contributed by atoms with Crippen molar-refractivity contribution < 1.29 is 9.59 Å². The summed E-state index contributed by atoms with van der Waals surface area (Å²) in [6, 6.07) is 6.26. The fourth-order valence-corrected chi connectivity index (χ4v) is 2.54. The lowest BCUT2D eigenvalue weighted by atomic mass is 10.1. The van der Waals surface area contributed by atoms with Gasteiger partial charge in [-0.25, -0.2) is 0 Å². The van der Waals surface area contributed by atoms with Gasteiger partial charge in [0.25, 0.3) is 0 Å². The van der Waals surface area contributed by atoms with E-state index in [0.717, 1.165) is 29.9 Å². The molecule has 1 fully saturated rings. The summed E-state index contributed by atoms with van der Waals surface area (Å²) in [6.07, 6.45) is 3.19. The minimum Gasteiger partial charge on any atom is -0.325 e. The van der Waals surface area contributed by atoms with E-state index in [9.17, 15) is 9.59 Å². The molecule has 1 heterocycles. The maximum absolute atomic E-state index is 11.8. The molecular formula is C15H19N3O2. The lowest BCUT2D eigenvalue weighted by molar-refractivity contribution is -0.116. The molecule has 0 spiro atoms. The Balaban J connectivity index is 1.63. The van der Waals surface area contributed by atoms with E-state index in [4.69, 9.17) is 0 Å². The summed E-state index contributed by atoms with van der Waals surface area (Å²) in [5, 5.41) is 6.08. The molecule has 2 N–H and O–H groups in total. The Labute approximate surface area is 118 Å². The molecule has 1 aromatic carbocycles. The number of hydrogen-bond donors (Lipinski definition) is 2. The quantitative estimate of drug-likeness (QED) is 0.869. The molecule has 5 heteroatoms. The molecule has 0 atom stereocenters. The summed E-state index contributed by atoms with van der Waals surface area (Å²) in [5.41, 5.74) is 2.89. The zero-order valence-corrected chi connectivity index (χ0v) is 11.6. The molecule has 0 unspecified atom stereocenters. The molecule has 2 aliphatic rings. The normalized spacial score (nSPS) is 16.9. The van der Waals surface area contributed by atoms with Crippen LogP contribution in [0, 0.1) is 0 Å². The monoisotopic (exact) mass is 273 g/mol. The summed E-state index contributed by atoms with van der Waals surface area (Å²) in [7, 11) is 0. The minimum absolute atomic E-state index is 0.0155. The van der Waals surface area contributed by atoms with E-state index in [1.807, 2.05) is 18.2 Å². The van der Waals surface area contributed by atoms with Crippen LogP contribution in [0.2, 0.25) is 0 Å². The van der Waals surface area contributed by atoms with Crippen molar-refractivity contribution in [1.29, 1.82) is 0 Å². The largest absolute Gasteiger partial charge is 0.325 e. The van der Waals surface area contributed by atoms with Crippen LogP contribution in [0.3, 0.4) is 0 Å². The average molecular weight is 273 g/mol. The summed E-state index contributed by atoms with van der Waals surface area (Å²) in [5.74, 6) is 0.0486. The van der Waals surface area contributed by atoms with E-state index >= 15 is 0 Å². The van der Waals surface area contributed by atoms with Crippen molar-refractivity contribution in [3.05, 3.63) is 23.8 Å². The Morgan fingerprint density at radius 2 is 2.15 bits per heavy atom. The maximum atomic E-state index is 11.8. The first-order valence-electron chi connectivity index (χ1n) is 7.08. The lowest BCUT2D eigenvalue weighted by Gasteiger charge is -2.15. The fraction of sp³-hybridized carbons (Fsp3) is 0.467. The summed E-state index contributed by atoms with van der Waals surface area (Å²) in [4.78, 5) is 25.0. The first kappa shape index (κ1) is 13.1. The van der Waals surface area contributed by atoms with Gasteiger partial charge in [0.15, 0.2) is 0 Å². The number of anilines is 2. The van der Waals surface area contributed by atoms with Crippen LogP contribution in [0.4, 0.5) is 11.4 Å². The van der Waals surface area contributed by atoms with E-state index in [1.54, 1.807) is 11.8 Å². The first-order chi connectivity index (χ1) is 9.63.